The predicted octanol–water partition coefficient (Wildman–Crippen LogP) is 4.34. The smallest absolute Gasteiger partial charge is 0.228 e. The van der Waals surface area contributed by atoms with Crippen LogP contribution in [0.1, 0.15) is 51.5 Å². The van der Waals surface area contributed by atoms with Crippen LogP contribution in [0.5, 0.6) is 0 Å². The molecule has 0 bridgehead atoms. The normalized spacial score (nSPS) is 18.0. The first kappa shape index (κ1) is 16.4. The number of para-hydroxylation sites is 1. The van der Waals surface area contributed by atoms with E-state index in [9.17, 15) is 4.79 Å². The molecule has 3 rings (SSSR count). The van der Waals surface area contributed by atoms with Crippen molar-refractivity contribution in [2.24, 2.45) is 0 Å². The van der Waals surface area contributed by atoms with Crippen LogP contribution < -0.4 is 4.90 Å². The van der Waals surface area contributed by atoms with E-state index in [0.717, 1.165) is 34.8 Å². The summed E-state index contributed by atoms with van der Waals surface area (Å²) in [4.78, 5) is 19.1. The molecule has 124 valence electrons. The van der Waals surface area contributed by atoms with Gasteiger partial charge >= 0.3 is 0 Å². The average molecular weight is 332 g/mol. The monoisotopic (exact) mass is 332 g/mol. The van der Waals surface area contributed by atoms with Gasteiger partial charge in [0, 0.05) is 13.0 Å². The Hall–Kier alpha value is -1.46. The van der Waals surface area contributed by atoms with Gasteiger partial charge in [-0.15, -0.1) is 0 Å². The van der Waals surface area contributed by atoms with E-state index in [4.69, 9.17) is 9.72 Å². The van der Waals surface area contributed by atoms with Crippen molar-refractivity contribution in [2.45, 2.75) is 52.1 Å². The second-order valence-corrected chi connectivity index (χ2v) is 7.35. The van der Waals surface area contributed by atoms with Gasteiger partial charge in [-0.2, -0.15) is 0 Å². The predicted molar refractivity (Wildman–Crippen MR) is 95.3 cm³/mol. The minimum absolute atomic E-state index is 0.116. The lowest BCUT2D eigenvalue weighted by atomic mass is 10.0. The second-order valence-electron chi connectivity index (χ2n) is 6.34. The molecule has 0 saturated carbocycles. The largest absolute Gasteiger partial charge is 0.376 e. The van der Waals surface area contributed by atoms with E-state index < -0.39 is 0 Å². The fourth-order valence-electron chi connectivity index (χ4n) is 3.01. The summed E-state index contributed by atoms with van der Waals surface area (Å²) >= 11 is 1.60. The first-order valence-electron chi connectivity index (χ1n) is 8.41. The lowest BCUT2D eigenvalue weighted by Gasteiger charge is -2.22. The lowest BCUT2D eigenvalue weighted by Crippen LogP contribution is -2.37. The zero-order valence-electron chi connectivity index (χ0n) is 14.0. The molecule has 1 aliphatic rings. The summed E-state index contributed by atoms with van der Waals surface area (Å²) in [6, 6.07) is 6.29. The van der Waals surface area contributed by atoms with E-state index in [2.05, 4.69) is 32.0 Å². The quantitative estimate of drug-likeness (QED) is 0.818. The van der Waals surface area contributed by atoms with Gasteiger partial charge in [-0.25, -0.2) is 4.98 Å². The first-order valence-corrected chi connectivity index (χ1v) is 9.23. The fraction of sp³-hybridized carbons (Fsp3) is 0.556. The Bertz CT molecular complexity index is 689. The van der Waals surface area contributed by atoms with Crippen molar-refractivity contribution in [1.29, 1.82) is 0 Å². The van der Waals surface area contributed by atoms with Gasteiger partial charge in [0.1, 0.15) is 0 Å². The lowest BCUT2D eigenvalue weighted by molar-refractivity contribution is -0.118. The van der Waals surface area contributed by atoms with Crippen molar-refractivity contribution >= 4 is 32.6 Å². The SMILES string of the molecule is CCC(=O)N(CC1CCCO1)c1nc2c(C(C)C)cccc2s1. The molecule has 0 radical (unpaired) electrons. The Labute approximate surface area is 141 Å². The molecule has 1 unspecified atom stereocenters. The van der Waals surface area contributed by atoms with Crippen molar-refractivity contribution in [3.63, 3.8) is 0 Å². The number of ether oxygens (including phenoxy) is 1. The van der Waals surface area contributed by atoms with Gasteiger partial charge in [-0.05, 0) is 30.4 Å². The molecule has 4 nitrogen and oxygen atoms in total. The molecule has 23 heavy (non-hydrogen) atoms. The number of anilines is 1. The molecule has 1 aliphatic heterocycles. The molecule has 1 atom stereocenters. The number of thiazole rings is 1. The van der Waals surface area contributed by atoms with Crippen molar-refractivity contribution in [3.8, 4) is 0 Å². The topological polar surface area (TPSA) is 42.4 Å². The van der Waals surface area contributed by atoms with E-state index in [1.807, 2.05) is 11.8 Å². The van der Waals surface area contributed by atoms with Crippen LogP contribution in [-0.2, 0) is 9.53 Å². The summed E-state index contributed by atoms with van der Waals surface area (Å²) in [5, 5.41) is 0.801. The molecule has 1 aromatic heterocycles. The Balaban J connectivity index is 1.96. The maximum atomic E-state index is 12.4. The van der Waals surface area contributed by atoms with Gasteiger partial charge in [0.15, 0.2) is 5.13 Å². The van der Waals surface area contributed by atoms with Crippen LogP contribution in [-0.4, -0.2) is 30.1 Å². The Kier molecular flexibility index (Phi) is 4.97. The number of rotatable bonds is 5. The van der Waals surface area contributed by atoms with Gasteiger partial charge in [-0.1, -0.05) is 44.2 Å². The zero-order chi connectivity index (χ0) is 16.4. The standard InChI is InChI=1S/C18H24N2O2S/c1-4-16(21)20(11-13-7-6-10-22-13)18-19-17-14(12(2)3)8-5-9-15(17)23-18/h5,8-9,12-13H,4,6-7,10-11H2,1-3H3. The number of benzene rings is 1. The first-order chi connectivity index (χ1) is 11.1. The average Bonchev–Trinajstić information content (AvgIpc) is 3.19. The van der Waals surface area contributed by atoms with Gasteiger partial charge < -0.3 is 4.74 Å². The molecule has 1 saturated heterocycles. The van der Waals surface area contributed by atoms with Crippen LogP contribution in [0.2, 0.25) is 0 Å². The van der Waals surface area contributed by atoms with Crippen molar-refractivity contribution < 1.29 is 9.53 Å². The summed E-state index contributed by atoms with van der Waals surface area (Å²) in [6.45, 7) is 7.67. The number of hydrogen-bond acceptors (Lipinski definition) is 4. The molecule has 1 amide bonds. The number of fused-ring (bicyclic) bond motifs is 1. The van der Waals surface area contributed by atoms with E-state index in [1.165, 1.54) is 5.56 Å². The van der Waals surface area contributed by atoms with E-state index in [1.54, 1.807) is 11.3 Å². The van der Waals surface area contributed by atoms with Crippen LogP contribution in [0.4, 0.5) is 5.13 Å². The molecule has 5 heteroatoms. The number of amides is 1. The van der Waals surface area contributed by atoms with E-state index in [0.29, 0.717) is 18.9 Å². The molecular formula is C18H24N2O2S. The number of aromatic nitrogens is 1. The molecular weight excluding hydrogens is 308 g/mol. The van der Waals surface area contributed by atoms with Crippen LogP contribution in [0.15, 0.2) is 18.2 Å². The Morgan fingerprint density at radius 1 is 1.48 bits per heavy atom. The third-order valence-corrected chi connectivity index (χ3v) is 5.35. The number of carbonyl (C=O) groups excluding carboxylic acids is 1. The minimum Gasteiger partial charge on any atom is -0.376 e. The highest BCUT2D eigenvalue weighted by Gasteiger charge is 2.25. The maximum absolute atomic E-state index is 12.4. The molecule has 2 aromatic rings. The molecule has 1 fully saturated rings. The number of nitrogens with zero attached hydrogens (tertiary/aromatic N) is 2. The molecule has 2 heterocycles. The van der Waals surface area contributed by atoms with Gasteiger partial charge in [0.2, 0.25) is 5.91 Å². The van der Waals surface area contributed by atoms with Crippen molar-refractivity contribution in [1.82, 2.24) is 4.98 Å². The second kappa shape index (κ2) is 6.97. The third-order valence-electron chi connectivity index (χ3n) is 4.31. The Morgan fingerprint density at radius 3 is 2.96 bits per heavy atom. The third kappa shape index (κ3) is 3.40. The van der Waals surface area contributed by atoms with Gasteiger partial charge in [-0.3, -0.25) is 9.69 Å². The van der Waals surface area contributed by atoms with Crippen LogP contribution in [0, 0.1) is 0 Å². The highest BCUT2D eigenvalue weighted by molar-refractivity contribution is 7.22. The fourth-order valence-corrected chi connectivity index (χ4v) is 4.04. The van der Waals surface area contributed by atoms with Crippen molar-refractivity contribution in [2.75, 3.05) is 18.1 Å². The molecule has 1 aromatic carbocycles. The number of carbonyl (C=O) groups is 1. The molecule has 0 N–H and O–H groups in total. The Morgan fingerprint density at radius 2 is 2.30 bits per heavy atom. The number of hydrogen-bond donors (Lipinski definition) is 0. The van der Waals surface area contributed by atoms with Crippen LogP contribution in [0.25, 0.3) is 10.2 Å². The minimum atomic E-state index is 0.116. The van der Waals surface area contributed by atoms with Crippen molar-refractivity contribution in [3.05, 3.63) is 23.8 Å². The van der Waals surface area contributed by atoms with Gasteiger partial charge in [0.05, 0.1) is 22.9 Å². The van der Waals surface area contributed by atoms with E-state index in [-0.39, 0.29) is 12.0 Å². The van der Waals surface area contributed by atoms with Gasteiger partial charge in [0.25, 0.3) is 0 Å². The molecule has 0 spiro atoms. The summed E-state index contributed by atoms with van der Waals surface area (Å²) in [5.74, 6) is 0.535. The summed E-state index contributed by atoms with van der Waals surface area (Å²) in [7, 11) is 0. The zero-order valence-corrected chi connectivity index (χ0v) is 14.9. The van der Waals surface area contributed by atoms with Crippen LogP contribution in [0.3, 0.4) is 0 Å². The highest BCUT2D eigenvalue weighted by atomic mass is 32.1. The summed E-state index contributed by atoms with van der Waals surface area (Å²) < 4.78 is 6.86. The van der Waals surface area contributed by atoms with E-state index >= 15 is 0 Å². The maximum Gasteiger partial charge on any atom is 0.228 e. The highest BCUT2D eigenvalue weighted by Crippen LogP contribution is 2.34. The van der Waals surface area contributed by atoms with Crippen LogP contribution >= 0.6 is 11.3 Å². The molecule has 0 aliphatic carbocycles. The summed E-state index contributed by atoms with van der Waals surface area (Å²) in [6.07, 6.45) is 2.73. The summed E-state index contributed by atoms with van der Waals surface area (Å²) in [5.41, 5.74) is 2.27.